The molecule has 3 rings (SSSR count). The van der Waals surface area contributed by atoms with Gasteiger partial charge in [0, 0.05) is 18.5 Å². The summed E-state index contributed by atoms with van der Waals surface area (Å²) in [5.41, 5.74) is 1.25. The average Bonchev–Trinajstić information content (AvgIpc) is 2.95. The number of aromatic nitrogens is 2. The standard InChI is InChI=1S/C14H15N3O3/c18-13(17-6-2-4-10(8-17)14(19)20)11-5-1-3-9-7-15-16-12(9)11/h1,3,5,7,10H,2,4,6,8H2,(H,15,16)(H,19,20)/t10-/m1/s1. The van der Waals surface area contributed by atoms with Crippen molar-refractivity contribution >= 4 is 22.8 Å². The van der Waals surface area contributed by atoms with Gasteiger partial charge in [-0.2, -0.15) is 5.10 Å². The lowest BCUT2D eigenvalue weighted by Gasteiger charge is -2.30. The van der Waals surface area contributed by atoms with E-state index in [0.717, 1.165) is 11.8 Å². The monoisotopic (exact) mass is 273 g/mol. The molecule has 2 heterocycles. The smallest absolute Gasteiger partial charge is 0.308 e. The van der Waals surface area contributed by atoms with Gasteiger partial charge >= 0.3 is 5.97 Å². The molecule has 0 spiro atoms. The van der Waals surface area contributed by atoms with Gasteiger partial charge in [0.25, 0.3) is 5.91 Å². The molecule has 1 aliphatic rings. The fourth-order valence-electron chi connectivity index (χ4n) is 2.68. The highest BCUT2D eigenvalue weighted by molar-refractivity contribution is 6.05. The molecule has 2 aromatic rings. The molecule has 6 nitrogen and oxygen atoms in total. The highest BCUT2D eigenvalue weighted by Gasteiger charge is 2.29. The summed E-state index contributed by atoms with van der Waals surface area (Å²) in [5, 5.41) is 16.7. The van der Waals surface area contributed by atoms with E-state index in [1.165, 1.54) is 0 Å². The van der Waals surface area contributed by atoms with Crippen molar-refractivity contribution in [3.8, 4) is 0 Å². The van der Waals surface area contributed by atoms with E-state index in [-0.39, 0.29) is 12.5 Å². The predicted molar refractivity (Wildman–Crippen MR) is 72.4 cm³/mol. The number of likely N-dealkylation sites (tertiary alicyclic amines) is 1. The molecule has 0 bridgehead atoms. The molecule has 1 fully saturated rings. The highest BCUT2D eigenvalue weighted by Crippen LogP contribution is 2.22. The number of para-hydroxylation sites is 1. The van der Waals surface area contributed by atoms with E-state index in [2.05, 4.69) is 10.2 Å². The Morgan fingerprint density at radius 1 is 1.40 bits per heavy atom. The fraction of sp³-hybridized carbons (Fsp3) is 0.357. The van der Waals surface area contributed by atoms with Crippen molar-refractivity contribution in [1.82, 2.24) is 15.1 Å². The maximum atomic E-state index is 12.6. The van der Waals surface area contributed by atoms with Crippen LogP contribution in [0.2, 0.25) is 0 Å². The molecule has 2 N–H and O–H groups in total. The quantitative estimate of drug-likeness (QED) is 0.868. The van der Waals surface area contributed by atoms with Crippen LogP contribution >= 0.6 is 0 Å². The number of carbonyl (C=O) groups excluding carboxylic acids is 1. The molecule has 1 saturated heterocycles. The minimum atomic E-state index is -0.831. The maximum absolute atomic E-state index is 12.6. The first kappa shape index (κ1) is 12.7. The zero-order chi connectivity index (χ0) is 14.1. The van der Waals surface area contributed by atoms with E-state index in [9.17, 15) is 9.59 Å². The molecule has 1 aromatic heterocycles. The van der Waals surface area contributed by atoms with E-state index < -0.39 is 11.9 Å². The molecule has 6 heteroatoms. The number of nitrogens with one attached hydrogen (secondary N) is 1. The number of carbonyl (C=O) groups is 2. The van der Waals surface area contributed by atoms with Crippen molar-refractivity contribution in [3.05, 3.63) is 30.0 Å². The number of hydrogen-bond acceptors (Lipinski definition) is 3. The normalized spacial score (nSPS) is 19.2. The van der Waals surface area contributed by atoms with Crippen LogP contribution in [-0.4, -0.2) is 45.2 Å². The first-order valence-electron chi connectivity index (χ1n) is 6.61. The summed E-state index contributed by atoms with van der Waals surface area (Å²) >= 11 is 0. The Kier molecular flexibility index (Phi) is 3.14. The highest BCUT2D eigenvalue weighted by atomic mass is 16.4. The van der Waals surface area contributed by atoms with Crippen LogP contribution in [0.1, 0.15) is 23.2 Å². The van der Waals surface area contributed by atoms with Crippen LogP contribution in [0.25, 0.3) is 10.9 Å². The van der Waals surface area contributed by atoms with Crippen LogP contribution in [0.4, 0.5) is 0 Å². The number of carboxylic acids is 1. The third-order valence-electron chi connectivity index (χ3n) is 3.76. The van der Waals surface area contributed by atoms with Crippen molar-refractivity contribution in [2.75, 3.05) is 13.1 Å². The van der Waals surface area contributed by atoms with Crippen LogP contribution in [0.3, 0.4) is 0 Å². The second kappa shape index (κ2) is 4.96. The molecule has 0 aliphatic carbocycles. The molecule has 1 atom stereocenters. The van der Waals surface area contributed by atoms with Crippen molar-refractivity contribution < 1.29 is 14.7 Å². The summed E-state index contributed by atoms with van der Waals surface area (Å²) in [4.78, 5) is 25.3. The number of fused-ring (bicyclic) bond motifs is 1. The molecule has 104 valence electrons. The lowest BCUT2D eigenvalue weighted by Crippen LogP contribution is -2.42. The summed E-state index contributed by atoms with van der Waals surface area (Å²) < 4.78 is 0. The maximum Gasteiger partial charge on any atom is 0.308 e. The van der Waals surface area contributed by atoms with Crippen LogP contribution < -0.4 is 0 Å². The van der Waals surface area contributed by atoms with E-state index >= 15 is 0 Å². The predicted octanol–water partition coefficient (Wildman–Crippen LogP) is 1.50. The van der Waals surface area contributed by atoms with Gasteiger partial charge < -0.3 is 10.0 Å². The average molecular weight is 273 g/mol. The molecular formula is C14H15N3O3. The molecule has 20 heavy (non-hydrogen) atoms. The topological polar surface area (TPSA) is 86.3 Å². The van der Waals surface area contributed by atoms with Crippen molar-refractivity contribution in [1.29, 1.82) is 0 Å². The second-order valence-corrected chi connectivity index (χ2v) is 5.07. The molecule has 0 radical (unpaired) electrons. The number of piperidine rings is 1. The zero-order valence-corrected chi connectivity index (χ0v) is 10.9. The third-order valence-corrected chi connectivity index (χ3v) is 3.76. The Bertz CT molecular complexity index is 664. The van der Waals surface area contributed by atoms with E-state index in [4.69, 9.17) is 5.11 Å². The molecule has 1 aliphatic heterocycles. The van der Waals surface area contributed by atoms with Gasteiger partial charge in [0.1, 0.15) is 0 Å². The summed E-state index contributed by atoms with van der Waals surface area (Å²) in [5.74, 6) is -1.43. The summed E-state index contributed by atoms with van der Waals surface area (Å²) in [6, 6.07) is 5.43. The van der Waals surface area contributed by atoms with Gasteiger partial charge in [-0.05, 0) is 18.9 Å². The Hall–Kier alpha value is -2.37. The first-order valence-corrected chi connectivity index (χ1v) is 6.61. The molecular weight excluding hydrogens is 258 g/mol. The SMILES string of the molecule is O=C(O)[C@@H]1CCCN(C(=O)c2cccc3cn[nH]c23)C1. The number of aromatic amines is 1. The summed E-state index contributed by atoms with van der Waals surface area (Å²) in [6.07, 6.45) is 3.03. The Morgan fingerprint density at radius 3 is 3.05 bits per heavy atom. The molecule has 0 unspecified atom stereocenters. The van der Waals surface area contributed by atoms with Crippen LogP contribution in [-0.2, 0) is 4.79 Å². The van der Waals surface area contributed by atoms with Gasteiger partial charge in [-0.25, -0.2) is 0 Å². The number of benzene rings is 1. The minimum Gasteiger partial charge on any atom is -0.481 e. The molecule has 0 saturated carbocycles. The van der Waals surface area contributed by atoms with Crippen LogP contribution in [0.15, 0.2) is 24.4 Å². The number of hydrogen-bond donors (Lipinski definition) is 2. The lowest BCUT2D eigenvalue weighted by atomic mass is 9.97. The van der Waals surface area contributed by atoms with Crippen LogP contribution in [0.5, 0.6) is 0 Å². The number of rotatable bonds is 2. The summed E-state index contributed by atoms with van der Waals surface area (Å²) in [7, 11) is 0. The first-order chi connectivity index (χ1) is 9.66. The second-order valence-electron chi connectivity index (χ2n) is 5.07. The van der Waals surface area contributed by atoms with Crippen molar-refractivity contribution in [3.63, 3.8) is 0 Å². The minimum absolute atomic E-state index is 0.134. The van der Waals surface area contributed by atoms with E-state index in [0.29, 0.717) is 24.0 Å². The Labute approximate surface area is 115 Å². The summed E-state index contributed by atoms with van der Waals surface area (Å²) in [6.45, 7) is 0.881. The fourth-order valence-corrected chi connectivity index (χ4v) is 2.68. The zero-order valence-electron chi connectivity index (χ0n) is 10.9. The number of amides is 1. The van der Waals surface area contributed by atoms with E-state index in [1.807, 2.05) is 12.1 Å². The lowest BCUT2D eigenvalue weighted by molar-refractivity contribution is -0.143. The van der Waals surface area contributed by atoms with Gasteiger partial charge in [0.2, 0.25) is 0 Å². The number of H-pyrrole nitrogens is 1. The number of nitrogens with zero attached hydrogens (tertiary/aromatic N) is 2. The molecule has 1 amide bonds. The molecule has 1 aromatic carbocycles. The number of carboxylic acid groups (broad SMARTS) is 1. The van der Waals surface area contributed by atoms with Gasteiger partial charge in [-0.1, -0.05) is 12.1 Å². The number of aliphatic carboxylic acids is 1. The third kappa shape index (κ3) is 2.13. The van der Waals surface area contributed by atoms with Crippen molar-refractivity contribution in [2.45, 2.75) is 12.8 Å². The Morgan fingerprint density at radius 2 is 2.25 bits per heavy atom. The van der Waals surface area contributed by atoms with E-state index in [1.54, 1.807) is 17.2 Å². The van der Waals surface area contributed by atoms with Gasteiger partial charge in [-0.15, -0.1) is 0 Å². The Balaban J connectivity index is 1.88. The van der Waals surface area contributed by atoms with Gasteiger partial charge in [0.15, 0.2) is 0 Å². The largest absolute Gasteiger partial charge is 0.481 e. The van der Waals surface area contributed by atoms with Gasteiger partial charge in [0.05, 0.1) is 23.2 Å². The van der Waals surface area contributed by atoms with Crippen molar-refractivity contribution in [2.24, 2.45) is 5.92 Å². The van der Waals surface area contributed by atoms with Crippen LogP contribution in [0, 0.1) is 5.92 Å². The van der Waals surface area contributed by atoms with Gasteiger partial charge in [-0.3, -0.25) is 14.7 Å².